The van der Waals surface area contributed by atoms with Crippen LogP contribution in [0.25, 0.3) is 54.4 Å². The molecule has 0 fully saturated rings. The lowest BCUT2D eigenvalue weighted by Crippen LogP contribution is -1.83. The molecule has 6 rings (SSSR count). The van der Waals surface area contributed by atoms with Gasteiger partial charge in [-0.1, -0.05) is 48.5 Å². The smallest absolute Gasteiger partial charge is 0.230 e. The van der Waals surface area contributed by atoms with E-state index in [1.165, 1.54) is 38.6 Å². The van der Waals surface area contributed by atoms with Crippen LogP contribution >= 0.6 is 0 Å². The van der Waals surface area contributed by atoms with E-state index in [2.05, 4.69) is 70.6 Å². The van der Waals surface area contributed by atoms with Crippen molar-refractivity contribution in [3.05, 3.63) is 73.2 Å². The van der Waals surface area contributed by atoms with Crippen LogP contribution in [-0.4, -0.2) is 9.97 Å². The molecule has 0 amide bonds. The van der Waals surface area contributed by atoms with Crippen LogP contribution in [-0.2, 0) is 0 Å². The monoisotopic (exact) mass is 320 g/mol. The Balaban J connectivity index is 1.96. The van der Waals surface area contributed by atoms with Gasteiger partial charge in [-0.3, -0.25) is 0 Å². The lowest BCUT2D eigenvalue weighted by Gasteiger charge is -2.10. The molecule has 2 aromatic heterocycles. The van der Waals surface area contributed by atoms with E-state index >= 15 is 0 Å². The molecule has 0 saturated carbocycles. The molecule has 0 bridgehead atoms. The minimum absolute atomic E-state index is 0.633. The molecule has 0 aliphatic rings. The maximum Gasteiger partial charge on any atom is 0.230 e. The summed E-state index contributed by atoms with van der Waals surface area (Å²) in [6.45, 7) is 0. The molecule has 0 N–H and O–H groups in total. The second-order valence-corrected chi connectivity index (χ2v) is 6.33. The van der Waals surface area contributed by atoms with Crippen LogP contribution < -0.4 is 0 Å². The van der Waals surface area contributed by atoms with Gasteiger partial charge >= 0.3 is 0 Å². The first-order valence-electron chi connectivity index (χ1n) is 8.25. The third kappa shape index (κ3) is 1.64. The molecule has 0 aliphatic heterocycles. The number of rotatable bonds is 0. The largest absolute Gasteiger partial charge is 0.438 e. The van der Waals surface area contributed by atoms with Gasteiger partial charge in [0.05, 0.1) is 5.39 Å². The molecule has 116 valence electrons. The minimum atomic E-state index is 0.633. The fourth-order valence-electron chi connectivity index (χ4n) is 3.91. The fraction of sp³-hybridized carbons (Fsp3) is 0. The lowest BCUT2D eigenvalue weighted by atomic mass is 9.93. The van der Waals surface area contributed by atoms with Crippen molar-refractivity contribution in [2.24, 2.45) is 0 Å². The van der Waals surface area contributed by atoms with E-state index in [0.717, 1.165) is 16.4 Å². The first kappa shape index (κ1) is 12.9. The van der Waals surface area contributed by atoms with Crippen molar-refractivity contribution in [3.8, 4) is 0 Å². The summed E-state index contributed by atoms with van der Waals surface area (Å²) in [6.07, 6.45) is 3.35. The van der Waals surface area contributed by atoms with Gasteiger partial charge in [0.15, 0.2) is 0 Å². The lowest BCUT2D eigenvalue weighted by molar-refractivity contribution is 0.653. The maximum absolute atomic E-state index is 5.97. The van der Waals surface area contributed by atoms with Gasteiger partial charge in [0, 0.05) is 11.6 Å². The van der Waals surface area contributed by atoms with Crippen LogP contribution in [0.15, 0.2) is 77.6 Å². The maximum atomic E-state index is 5.97. The number of nitrogens with zero attached hydrogens (tertiary/aromatic N) is 2. The van der Waals surface area contributed by atoms with Crippen LogP contribution in [0.4, 0.5) is 0 Å². The zero-order valence-electron chi connectivity index (χ0n) is 13.2. The van der Waals surface area contributed by atoms with Crippen molar-refractivity contribution in [1.82, 2.24) is 9.97 Å². The number of aromatic nitrogens is 2. The second-order valence-electron chi connectivity index (χ2n) is 6.33. The summed E-state index contributed by atoms with van der Waals surface area (Å²) < 4.78 is 5.97. The van der Waals surface area contributed by atoms with Gasteiger partial charge in [-0.25, -0.2) is 9.97 Å². The average molecular weight is 320 g/mol. The number of hydrogen-bond donors (Lipinski definition) is 0. The van der Waals surface area contributed by atoms with Gasteiger partial charge in [-0.15, -0.1) is 0 Å². The molecular formula is C22H12N2O. The second kappa shape index (κ2) is 4.54. The highest BCUT2D eigenvalue weighted by Crippen LogP contribution is 2.38. The molecule has 6 aromatic rings. The molecule has 0 unspecified atom stereocenters. The Bertz CT molecular complexity index is 1450. The highest BCUT2D eigenvalue weighted by Gasteiger charge is 2.13. The molecule has 0 saturated heterocycles. The molecule has 0 atom stereocenters. The molecule has 0 aliphatic carbocycles. The van der Waals surface area contributed by atoms with Crippen LogP contribution in [0.1, 0.15) is 0 Å². The molecule has 3 heteroatoms. The highest BCUT2D eigenvalue weighted by molar-refractivity contribution is 6.28. The van der Waals surface area contributed by atoms with Crippen molar-refractivity contribution < 1.29 is 4.42 Å². The Hall–Kier alpha value is -3.46. The van der Waals surface area contributed by atoms with Crippen LogP contribution in [0.2, 0.25) is 0 Å². The third-order valence-corrected chi connectivity index (χ3v) is 5.02. The highest BCUT2D eigenvalue weighted by atomic mass is 16.3. The van der Waals surface area contributed by atoms with E-state index in [1.807, 2.05) is 6.20 Å². The molecule has 0 spiro atoms. The predicted molar refractivity (Wildman–Crippen MR) is 102 cm³/mol. The van der Waals surface area contributed by atoms with Crippen molar-refractivity contribution in [2.45, 2.75) is 0 Å². The van der Waals surface area contributed by atoms with E-state index in [1.54, 1.807) is 0 Å². The summed E-state index contributed by atoms with van der Waals surface area (Å²) in [5.41, 5.74) is 1.48. The van der Waals surface area contributed by atoms with Gasteiger partial charge < -0.3 is 4.42 Å². The van der Waals surface area contributed by atoms with Crippen molar-refractivity contribution in [3.63, 3.8) is 0 Å². The SMILES string of the molecule is c1ccc2c(c1)c1ccccc1c1cc3c(cc21)oc1ncncc13. The van der Waals surface area contributed by atoms with E-state index in [0.29, 0.717) is 5.71 Å². The van der Waals surface area contributed by atoms with Gasteiger partial charge in [-0.2, -0.15) is 0 Å². The Morgan fingerprint density at radius 1 is 0.600 bits per heavy atom. The standard InChI is InChI=1S/C22H12N2O/c1-3-7-15-13(5-1)14-6-2-4-8-16(14)18-10-21-19(9-17(15)18)20-11-23-12-24-22(20)25-21/h1-12H. The molecule has 25 heavy (non-hydrogen) atoms. The van der Waals surface area contributed by atoms with Crippen LogP contribution in [0.3, 0.4) is 0 Å². The Morgan fingerprint density at radius 3 is 1.88 bits per heavy atom. The molecule has 4 aromatic carbocycles. The molecular weight excluding hydrogens is 308 g/mol. The van der Waals surface area contributed by atoms with E-state index in [9.17, 15) is 0 Å². The quantitative estimate of drug-likeness (QED) is 0.330. The molecule has 2 heterocycles. The topological polar surface area (TPSA) is 38.9 Å². The Kier molecular flexibility index (Phi) is 2.35. The molecule has 0 radical (unpaired) electrons. The summed E-state index contributed by atoms with van der Waals surface area (Å²) in [5.74, 6) is 0. The predicted octanol–water partition coefficient (Wildman–Crippen LogP) is 5.84. The van der Waals surface area contributed by atoms with E-state index < -0.39 is 0 Å². The number of hydrogen-bond acceptors (Lipinski definition) is 3. The van der Waals surface area contributed by atoms with Gasteiger partial charge in [0.25, 0.3) is 0 Å². The summed E-state index contributed by atoms with van der Waals surface area (Å²) in [7, 11) is 0. The number of furan rings is 1. The third-order valence-electron chi connectivity index (χ3n) is 5.02. The zero-order valence-corrected chi connectivity index (χ0v) is 13.2. The average Bonchev–Trinajstić information content (AvgIpc) is 3.04. The molecule has 3 nitrogen and oxygen atoms in total. The van der Waals surface area contributed by atoms with Crippen LogP contribution in [0, 0.1) is 0 Å². The van der Waals surface area contributed by atoms with Crippen molar-refractivity contribution >= 4 is 54.4 Å². The van der Waals surface area contributed by atoms with Crippen LogP contribution in [0.5, 0.6) is 0 Å². The summed E-state index contributed by atoms with van der Waals surface area (Å²) >= 11 is 0. The Labute approximate surface area is 142 Å². The van der Waals surface area contributed by atoms with Gasteiger partial charge in [0.1, 0.15) is 11.9 Å². The first-order valence-corrected chi connectivity index (χ1v) is 8.25. The first-order chi connectivity index (χ1) is 12.4. The van der Waals surface area contributed by atoms with Crippen molar-refractivity contribution in [2.75, 3.05) is 0 Å². The Morgan fingerprint density at radius 2 is 1.20 bits per heavy atom. The van der Waals surface area contributed by atoms with Gasteiger partial charge in [-0.05, 0) is 44.5 Å². The fourth-order valence-corrected chi connectivity index (χ4v) is 3.91. The van der Waals surface area contributed by atoms with Gasteiger partial charge in [0.2, 0.25) is 5.71 Å². The number of benzene rings is 4. The normalized spacial score (nSPS) is 12.0. The summed E-state index contributed by atoms with van der Waals surface area (Å²) in [4.78, 5) is 8.41. The zero-order chi connectivity index (χ0) is 16.4. The minimum Gasteiger partial charge on any atom is -0.438 e. The van der Waals surface area contributed by atoms with E-state index in [4.69, 9.17) is 4.42 Å². The summed E-state index contributed by atoms with van der Waals surface area (Å²) in [6, 6.07) is 21.5. The summed E-state index contributed by atoms with van der Waals surface area (Å²) in [5, 5.41) is 9.48. The van der Waals surface area contributed by atoms with E-state index in [-0.39, 0.29) is 0 Å². The van der Waals surface area contributed by atoms with Crippen molar-refractivity contribution in [1.29, 1.82) is 0 Å². The number of fused-ring (bicyclic) bond motifs is 9.